The van der Waals surface area contributed by atoms with E-state index in [0.29, 0.717) is 16.7 Å². The summed E-state index contributed by atoms with van der Waals surface area (Å²) in [4.78, 5) is 7.70. The molecule has 1 aromatic heterocycles. The van der Waals surface area contributed by atoms with Gasteiger partial charge in [-0.15, -0.1) is 0 Å². The summed E-state index contributed by atoms with van der Waals surface area (Å²) in [7, 11) is -3.90. The summed E-state index contributed by atoms with van der Waals surface area (Å²) in [6, 6.07) is 10.0. The third-order valence-electron chi connectivity index (χ3n) is 4.07. The average Bonchev–Trinajstić information content (AvgIpc) is 2.68. The Morgan fingerprint density at radius 3 is 2.43 bits per heavy atom. The number of benzene rings is 2. The number of aliphatic hydroxyl groups is 1. The number of rotatable bonds is 6. The van der Waals surface area contributed by atoms with Crippen molar-refractivity contribution in [1.29, 1.82) is 0 Å². The lowest BCUT2D eigenvalue weighted by Gasteiger charge is -2.15. The Labute approximate surface area is 162 Å². The Bertz CT molecular complexity index is 1090. The summed E-state index contributed by atoms with van der Waals surface area (Å²) < 4.78 is 42.4. The molecule has 0 saturated heterocycles. The van der Waals surface area contributed by atoms with Crippen LogP contribution in [0.3, 0.4) is 0 Å². The van der Waals surface area contributed by atoms with Crippen molar-refractivity contribution in [2.45, 2.75) is 17.9 Å². The Balaban J connectivity index is 2.03. The molecule has 0 fully saturated rings. The van der Waals surface area contributed by atoms with Crippen LogP contribution in [-0.4, -0.2) is 36.1 Å². The maximum Gasteiger partial charge on any atom is 0.241 e. The van der Waals surface area contributed by atoms with E-state index < -0.39 is 21.9 Å². The van der Waals surface area contributed by atoms with Crippen LogP contribution in [-0.2, 0) is 10.0 Å². The molecule has 28 heavy (non-hydrogen) atoms. The zero-order chi connectivity index (χ0) is 20.3. The minimum atomic E-state index is -3.90. The van der Waals surface area contributed by atoms with Crippen LogP contribution < -0.4 is 10.5 Å². The Morgan fingerprint density at radius 1 is 1.11 bits per heavy atom. The Hall–Kier alpha value is -2.88. The summed E-state index contributed by atoms with van der Waals surface area (Å²) in [6.45, 7) is 1.21. The monoisotopic (exact) mass is 402 g/mol. The zero-order valence-corrected chi connectivity index (χ0v) is 15.8. The minimum absolute atomic E-state index is 0.00160. The van der Waals surface area contributed by atoms with Gasteiger partial charge in [-0.05, 0) is 24.6 Å². The number of hydrogen-bond donors (Lipinski definition) is 3. The molecule has 3 aromatic rings. The molecular weight excluding hydrogens is 383 g/mol. The molecule has 9 heteroatoms. The van der Waals surface area contributed by atoms with E-state index in [4.69, 9.17) is 10.8 Å². The lowest BCUT2D eigenvalue weighted by Crippen LogP contribution is -2.35. The van der Waals surface area contributed by atoms with E-state index in [1.54, 1.807) is 31.2 Å². The molecule has 1 heterocycles. The Morgan fingerprint density at radius 2 is 1.79 bits per heavy atom. The van der Waals surface area contributed by atoms with Gasteiger partial charge in [0.15, 0.2) is 0 Å². The van der Waals surface area contributed by atoms with Crippen molar-refractivity contribution in [3.05, 3.63) is 60.7 Å². The first-order valence-corrected chi connectivity index (χ1v) is 9.90. The fourth-order valence-corrected chi connectivity index (χ4v) is 4.16. The van der Waals surface area contributed by atoms with E-state index in [1.165, 1.54) is 30.6 Å². The van der Waals surface area contributed by atoms with Crippen LogP contribution in [0.2, 0.25) is 0 Å². The lowest BCUT2D eigenvalue weighted by atomic mass is 10.0. The predicted octanol–water partition coefficient (Wildman–Crippen LogP) is 2.19. The summed E-state index contributed by atoms with van der Waals surface area (Å²) in [5, 5.41) is 9.13. The van der Waals surface area contributed by atoms with Gasteiger partial charge < -0.3 is 10.8 Å². The number of nitrogens with zero attached hydrogens (tertiary/aromatic N) is 2. The van der Waals surface area contributed by atoms with Crippen LogP contribution in [0.1, 0.15) is 6.92 Å². The van der Waals surface area contributed by atoms with Gasteiger partial charge in [0.1, 0.15) is 5.82 Å². The second-order valence-corrected chi connectivity index (χ2v) is 7.91. The molecule has 1 atom stereocenters. The van der Waals surface area contributed by atoms with Crippen LogP contribution >= 0.6 is 0 Å². The van der Waals surface area contributed by atoms with Crippen molar-refractivity contribution in [3.8, 4) is 22.3 Å². The topological polar surface area (TPSA) is 118 Å². The predicted molar refractivity (Wildman–Crippen MR) is 104 cm³/mol. The molecule has 0 amide bonds. The van der Waals surface area contributed by atoms with Gasteiger partial charge in [-0.2, -0.15) is 0 Å². The molecule has 0 aliphatic carbocycles. The maximum absolute atomic E-state index is 14.7. The second kappa shape index (κ2) is 8.01. The van der Waals surface area contributed by atoms with E-state index in [1.807, 2.05) is 0 Å². The normalized spacial score (nSPS) is 12.7. The van der Waals surface area contributed by atoms with Gasteiger partial charge in [0.05, 0.1) is 11.5 Å². The standard InChI is InChI=1S/C19H19FN4O3S/c1-12(11-25)24-28(26,27)18-5-3-2-4-16(18)13-6-7-15(17(20)8-13)14-9-22-19(21)23-10-14/h2-10,12,24-25H,11H2,1H3,(H2,21,22,23)/t12-/m1/s1. The number of halogens is 1. The molecule has 4 N–H and O–H groups in total. The first-order chi connectivity index (χ1) is 13.3. The largest absolute Gasteiger partial charge is 0.395 e. The van der Waals surface area contributed by atoms with Crippen molar-refractivity contribution >= 4 is 16.0 Å². The lowest BCUT2D eigenvalue weighted by molar-refractivity contribution is 0.265. The molecule has 0 aliphatic heterocycles. The summed E-state index contributed by atoms with van der Waals surface area (Å²) in [6.07, 6.45) is 2.83. The van der Waals surface area contributed by atoms with Crippen LogP contribution in [0.25, 0.3) is 22.3 Å². The first-order valence-electron chi connectivity index (χ1n) is 8.42. The van der Waals surface area contributed by atoms with Gasteiger partial charge in [-0.1, -0.05) is 30.3 Å². The molecule has 7 nitrogen and oxygen atoms in total. The number of nitrogen functional groups attached to an aromatic ring is 1. The van der Waals surface area contributed by atoms with E-state index in [2.05, 4.69) is 14.7 Å². The van der Waals surface area contributed by atoms with Gasteiger partial charge in [-0.3, -0.25) is 0 Å². The van der Waals surface area contributed by atoms with E-state index >= 15 is 0 Å². The summed E-state index contributed by atoms with van der Waals surface area (Å²) in [5.41, 5.74) is 6.93. The van der Waals surface area contributed by atoms with Gasteiger partial charge >= 0.3 is 0 Å². The van der Waals surface area contributed by atoms with Gasteiger partial charge in [-0.25, -0.2) is 27.5 Å². The molecule has 0 unspecified atom stereocenters. The van der Waals surface area contributed by atoms with Crippen LogP contribution in [0.5, 0.6) is 0 Å². The van der Waals surface area contributed by atoms with Crippen LogP contribution in [0, 0.1) is 5.82 Å². The van der Waals surface area contributed by atoms with Crippen molar-refractivity contribution < 1.29 is 17.9 Å². The maximum atomic E-state index is 14.7. The van der Waals surface area contributed by atoms with Crippen LogP contribution in [0.15, 0.2) is 59.8 Å². The highest BCUT2D eigenvalue weighted by molar-refractivity contribution is 7.89. The average molecular weight is 402 g/mol. The Kier molecular flexibility index (Phi) is 5.68. The molecule has 0 saturated carbocycles. The van der Waals surface area contributed by atoms with Crippen molar-refractivity contribution in [2.75, 3.05) is 12.3 Å². The molecule has 0 radical (unpaired) electrons. The number of nitrogens with one attached hydrogen (secondary N) is 1. The minimum Gasteiger partial charge on any atom is -0.395 e. The highest BCUT2D eigenvalue weighted by Gasteiger charge is 2.21. The number of aliphatic hydroxyl groups excluding tert-OH is 1. The second-order valence-electron chi connectivity index (χ2n) is 6.23. The number of aromatic nitrogens is 2. The molecule has 0 spiro atoms. The van der Waals surface area contributed by atoms with Gasteiger partial charge in [0, 0.05) is 35.1 Å². The highest BCUT2D eigenvalue weighted by Crippen LogP contribution is 2.31. The molecule has 3 rings (SSSR count). The smallest absolute Gasteiger partial charge is 0.241 e. The number of sulfonamides is 1. The molecule has 146 valence electrons. The van der Waals surface area contributed by atoms with Crippen molar-refractivity contribution in [3.63, 3.8) is 0 Å². The molecular formula is C19H19FN4O3S. The number of hydrogen-bond acceptors (Lipinski definition) is 6. The van der Waals surface area contributed by atoms with Gasteiger partial charge in [0.2, 0.25) is 16.0 Å². The highest BCUT2D eigenvalue weighted by atomic mass is 32.2. The van der Waals surface area contributed by atoms with Crippen LogP contribution in [0.4, 0.5) is 10.3 Å². The van der Waals surface area contributed by atoms with Crippen molar-refractivity contribution in [2.24, 2.45) is 0 Å². The van der Waals surface area contributed by atoms with E-state index in [-0.39, 0.29) is 23.0 Å². The fourth-order valence-electron chi connectivity index (χ4n) is 2.70. The number of anilines is 1. The summed E-state index contributed by atoms with van der Waals surface area (Å²) in [5.74, 6) is -0.459. The van der Waals surface area contributed by atoms with Gasteiger partial charge in [0.25, 0.3) is 0 Å². The van der Waals surface area contributed by atoms with E-state index in [9.17, 15) is 12.8 Å². The number of nitrogens with two attached hydrogens (primary N) is 1. The molecule has 0 aliphatic rings. The van der Waals surface area contributed by atoms with E-state index in [0.717, 1.165) is 0 Å². The van der Waals surface area contributed by atoms with Crippen molar-refractivity contribution in [1.82, 2.24) is 14.7 Å². The SMILES string of the molecule is C[C@H](CO)NS(=O)(=O)c1ccccc1-c1ccc(-c2cnc(N)nc2)c(F)c1. The third kappa shape index (κ3) is 4.16. The molecule has 0 bridgehead atoms. The molecule has 2 aromatic carbocycles. The summed E-state index contributed by atoms with van der Waals surface area (Å²) >= 11 is 0. The quantitative estimate of drug-likeness (QED) is 0.582. The fraction of sp³-hybridized carbons (Fsp3) is 0.158. The first kappa shape index (κ1) is 19.9. The zero-order valence-electron chi connectivity index (χ0n) is 15.0. The third-order valence-corrected chi connectivity index (χ3v) is 5.72.